The standard InChI is InChI=1S/2C23H21O.2ClH.Zr/c2*1-3-5-17-9-11-18(12-10-17)21-7-4-6-19-14-20(15-22(19)21)23-13-8-16(2)24-23;;;/h2*4,6-15H,3,5H2,1-2H3;2*1H;/q;;;;+2/p-2. The molecule has 2 nitrogen and oxygen atoms in total. The molecule has 2 aliphatic carbocycles. The summed E-state index contributed by atoms with van der Waals surface area (Å²) in [5, 5.41) is 0. The van der Waals surface area contributed by atoms with Crippen molar-refractivity contribution < 1.29 is 56.9 Å². The molecule has 0 amide bonds. The topological polar surface area (TPSA) is 26.3 Å². The molecule has 6 aromatic rings. The largest absolute Gasteiger partial charge is 1.00 e. The molecule has 2 unspecified atom stereocenters. The fourth-order valence-electron chi connectivity index (χ4n) is 7.72. The normalized spacial score (nSPS) is 15.6. The smallest absolute Gasteiger partial charge is 1.00 e. The Labute approximate surface area is 326 Å². The zero-order valence-corrected chi connectivity index (χ0v) is 33.6. The van der Waals surface area contributed by atoms with Gasteiger partial charge in [-0.2, -0.15) is 0 Å². The van der Waals surface area contributed by atoms with Gasteiger partial charge >= 0.3 is 304 Å². The average molecular weight is 789 g/mol. The van der Waals surface area contributed by atoms with Crippen LogP contribution in [0.1, 0.15) is 90.4 Å². The summed E-state index contributed by atoms with van der Waals surface area (Å²) in [7, 11) is 0. The number of hydrogen-bond donors (Lipinski definition) is 0. The Morgan fingerprint density at radius 1 is 0.510 bits per heavy atom. The predicted molar refractivity (Wildman–Crippen MR) is 200 cm³/mol. The van der Waals surface area contributed by atoms with Gasteiger partial charge in [-0.3, -0.25) is 0 Å². The number of allylic oxidation sites excluding steroid dienone is 2. The number of aryl methyl sites for hydroxylation is 4. The molecule has 0 aliphatic heterocycles. The fourth-order valence-corrected chi connectivity index (χ4v) is 12.7. The second-order valence-electron chi connectivity index (χ2n) is 13.6. The number of furan rings is 2. The minimum Gasteiger partial charge on any atom is -1.00 e. The fraction of sp³-hybridized carbons (Fsp3) is 0.217. The second-order valence-corrected chi connectivity index (χ2v) is 17.2. The van der Waals surface area contributed by atoms with Crippen LogP contribution in [-0.2, 0) is 36.1 Å². The van der Waals surface area contributed by atoms with Crippen LogP contribution in [-0.4, -0.2) is 0 Å². The number of hydrogen-bond acceptors (Lipinski definition) is 2. The van der Waals surface area contributed by atoms with Crippen LogP contribution >= 0.6 is 0 Å². The third-order valence-corrected chi connectivity index (χ3v) is 14.8. The van der Waals surface area contributed by atoms with E-state index in [2.05, 4.69) is 135 Å². The Hall–Kier alpha value is -3.62. The van der Waals surface area contributed by atoms with E-state index in [9.17, 15) is 0 Å². The molecule has 0 fully saturated rings. The molecule has 4 aromatic carbocycles. The maximum atomic E-state index is 6.40. The first-order valence-electron chi connectivity index (χ1n) is 17.8. The maximum absolute atomic E-state index is 6.40. The van der Waals surface area contributed by atoms with Gasteiger partial charge in [0.1, 0.15) is 0 Å². The molecule has 2 atom stereocenters. The summed E-state index contributed by atoms with van der Waals surface area (Å²) in [6.07, 6.45) is 9.44. The Bertz CT molecular complexity index is 2040. The van der Waals surface area contributed by atoms with Crippen LogP contribution in [0.2, 0.25) is 0 Å². The van der Waals surface area contributed by atoms with Crippen LogP contribution < -0.4 is 24.8 Å². The zero-order valence-electron chi connectivity index (χ0n) is 29.6. The average Bonchev–Trinajstić information content (AvgIpc) is 3.91. The van der Waals surface area contributed by atoms with Gasteiger partial charge in [0.25, 0.3) is 0 Å². The monoisotopic (exact) mass is 786 g/mol. The zero-order chi connectivity index (χ0) is 33.5. The van der Waals surface area contributed by atoms with Gasteiger partial charge in [-0.1, -0.05) is 0 Å². The number of benzene rings is 4. The third-order valence-electron chi connectivity index (χ3n) is 10.1. The van der Waals surface area contributed by atoms with E-state index in [1.54, 1.807) is 0 Å². The molecule has 51 heavy (non-hydrogen) atoms. The van der Waals surface area contributed by atoms with Crippen molar-refractivity contribution in [1.29, 1.82) is 0 Å². The van der Waals surface area contributed by atoms with Gasteiger partial charge in [-0.05, 0) is 0 Å². The van der Waals surface area contributed by atoms with Crippen molar-refractivity contribution in [2.24, 2.45) is 0 Å². The molecule has 256 valence electrons. The molecule has 0 saturated heterocycles. The summed E-state index contributed by atoms with van der Waals surface area (Å²) in [6, 6.07) is 40.9. The van der Waals surface area contributed by atoms with Crippen molar-refractivity contribution in [3.63, 3.8) is 0 Å². The van der Waals surface area contributed by atoms with E-state index >= 15 is 0 Å². The molecule has 8 rings (SSSR count). The van der Waals surface area contributed by atoms with Crippen LogP contribution in [0.5, 0.6) is 0 Å². The van der Waals surface area contributed by atoms with E-state index in [1.807, 2.05) is 13.8 Å². The number of rotatable bonds is 10. The van der Waals surface area contributed by atoms with E-state index in [1.165, 1.54) is 66.8 Å². The first-order chi connectivity index (χ1) is 24.0. The third kappa shape index (κ3) is 7.23. The molecule has 2 aliphatic rings. The van der Waals surface area contributed by atoms with Crippen molar-refractivity contribution >= 4 is 23.3 Å². The molecular weight excluding hydrogens is 747 g/mol. The number of fused-ring (bicyclic) bond motifs is 2. The van der Waals surface area contributed by atoms with Gasteiger partial charge < -0.3 is 24.8 Å². The molecule has 2 aromatic heterocycles. The minimum absolute atomic E-state index is 0. The van der Waals surface area contributed by atoms with Crippen LogP contribution in [0.25, 0.3) is 45.6 Å². The molecule has 0 spiro atoms. The first kappa shape index (κ1) is 37.2. The van der Waals surface area contributed by atoms with Gasteiger partial charge in [0.05, 0.1) is 0 Å². The van der Waals surface area contributed by atoms with Crippen LogP contribution in [0.3, 0.4) is 0 Å². The van der Waals surface area contributed by atoms with Crippen molar-refractivity contribution in [3.8, 4) is 22.3 Å². The summed E-state index contributed by atoms with van der Waals surface area (Å²) in [6.45, 7) is 8.59. The molecule has 2 heterocycles. The first-order valence-corrected chi connectivity index (χ1v) is 20.6. The quantitative estimate of drug-likeness (QED) is 0.155. The molecule has 0 radical (unpaired) electrons. The van der Waals surface area contributed by atoms with Crippen LogP contribution in [0, 0.1) is 13.8 Å². The predicted octanol–water partition coefficient (Wildman–Crippen LogP) is 6.71. The van der Waals surface area contributed by atoms with Gasteiger partial charge in [-0.25, -0.2) is 0 Å². The van der Waals surface area contributed by atoms with Gasteiger partial charge in [0.2, 0.25) is 0 Å². The summed E-state index contributed by atoms with van der Waals surface area (Å²) < 4.78 is 13.5. The van der Waals surface area contributed by atoms with Crippen LogP contribution in [0.15, 0.2) is 118 Å². The van der Waals surface area contributed by atoms with Crippen molar-refractivity contribution in [3.05, 3.63) is 166 Å². The molecule has 0 N–H and O–H groups in total. The van der Waals surface area contributed by atoms with E-state index < -0.39 is 23.2 Å². The van der Waals surface area contributed by atoms with E-state index in [0.717, 1.165) is 48.7 Å². The summed E-state index contributed by atoms with van der Waals surface area (Å²) in [5.74, 6) is 3.91. The Morgan fingerprint density at radius 2 is 0.922 bits per heavy atom. The maximum Gasteiger partial charge on any atom is -1.00 e. The number of halogens is 2. The molecule has 0 saturated carbocycles. The van der Waals surface area contributed by atoms with Gasteiger partial charge in [-0.15, -0.1) is 0 Å². The molecule has 0 bridgehead atoms. The SMILES string of the molecule is CCCc1ccc(-c2cccc3c2C=C(c2ccc(C)o2)[CH]3[Zr+2][CH]2C(c3ccc(C)o3)=Cc3c(-c4ccc(CCC)cc4)cccc32)cc1.[Cl-].[Cl-]. The van der Waals surface area contributed by atoms with Crippen LogP contribution in [0.4, 0.5) is 0 Å². The van der Waals surface area contributed by atoms with Gasteiger partial charge in [0.15, 0.2) is 0 Å². The van der Waals surface area contributed by atoms with Crippen molar-refractivity contribution in [2.75, 3.05) is 0 Å². The summed E-state index contributed by atoms with van der Waals surface area (Å²) in [4.78, 5) is 0. The summed E-state index contributed by atoms with van der Waals surface area (Å²) in [5.41, 5.74) is 16.2. The summed E-state index contributed by atoms with van der Waals surface area (Å²) >= 11 is -1.30. The molecular formula is C46H42Cl2O2Zr. The Balaban J connectivity index is 0.00000224. The minimum atomic E-state index is -1.30. The van der Waals surface area contributed by atoms with E-state index in [-0.39, 0.29) is 24.8 Å². The van der Waals surface area contributed by atoms with Gasteiger partial charge in [0, 0.05) is 0 Å². The second kappa shape index (κ2) is 16.0. The van der Waals surface area contributed by atoms with E-state index in [0.29, 0.717) is 7.25 Å². The van der Waals surface area contributed by atoms with E-state index in [4.69, 9.17) is 8.83 Å². The van der Waals surface area contributed by atoms with Crippen molar-refractivity contribution in [1.82, 2.24) is 0 Å². The van der Waals surface area contributed by atoms with Crippen molar-refractivity contribution in [2.45, 2.75) is 60.6 Å². The molecule has 5 heteroatoms. The Morgan fingerprint density at radius 3 is 1.27 bits per heavy atom. The Kier molecular flexibility index (Phi) is 11.6.